The zero-order valence-corrected chi connectivity index (χ0v) is 11.9. The highest BCUT2D eigenvalue weighted by Gasteiger charge is 2.19. The highest BCUT2D eigenvalue weighted by atomic mass is 32.1. The second-order valence-electron chi connectivity index (χ2n) is 5.16. The Bertz CT molecular complexity index is 372. The molecule has 1 fully saturated rings. The highest BCUT2D eigenvalue weighted by molar-refractivity contribution is 7.07. The standard InChI is InChI=1S/C15H22N2S/c1-3-7-17-8-4-15(5-9-17)16-13(2)11-14-6-10-18-12-14/h1,6,10,12-13,15-16H,4-5,7-9,11H2,2H3. The quantitative estimate of drug-likeness (QED) is 0.820. The van der Waals surface area contributed by atoms with Crippen molar-refractivity contribution in [1.82, 2.24) is 10.2 Å². The molecule has 0 bridgehead atoms. The first kappa shape index (κ1) is 13.6. The lowest BCUT2D eigenvalue weighted by Gasteiger charge is -2.32. The van der Waals surface area contributed by atoms with Crippen LogP contribution in [0, 0.1) is 12.3 Å². The minimum absolute atomic E-state index is 0.559. The smallest absolute Gasteiger partial charge is 0.0598 e. The SMILES string of the molecule is C#CCN1CCC(NC(C)Cc2ccsc2)CC1. The van der Waals surface area contributed by atoms with Gasteiger partial charge in [-0.2, -0.15) is 11.3 Å². The maximum Gasteiger partial charge on any atom is 0.0598 e. The minimum Gasteiger partial charge on any atom is -0.311 e. The molecule has 98 valence electrons. The van der Waals surface area contributed by atoms with Crippen LogP contribution in [-0.2, 0) is 6.42 Å². The lowest BCUT2D eigenvalue weighted by molar-refractivity contribution is 0.210. The Labute approximate surface area is 114 Å². The Balaban J connectivity index is 1.69. The van der Waals surface area contributed by atoms with Gasteiger partial charge in [0.05, 0.1) is 6.54 Å². The predicted molar refractivity (Wildman–Crippen MR) is 78.9 cm³/mol. The molecule has 1 saturated heterocycles. The van der Waals surface area contributed by atoms with Crippen molar-refractivity contribution in [2.75, 3.05) is 19.6 Å². The fourth-order valence-corrected chi connectivity index (χ4v) is 3.29. The average Bonchev–Trinajstić information content (AvgIpc) is 2.84. The molecule has 0 spiro atoms. The lowest BCUT2D eigenvalue weighted by atomic mass is 10.0. The molecule has 0 aliphatic carbocycles. The summed E-state index contributed by atoms with van der Waals surface area (Å²) in [4.78, 5) is 2.36. The molecule has 0 amide bonds. The van der Waals surface area contributed by atoms with E-state index in [2.05, 4.69) is 39.9 Å². The maximum atomic E-state index is 5.34. The molecule has 18 heavy (non-hydrogen) atoms. The van der Waals surface area contributed by atoms with Crippen LogP contribution in [0.1, 0.15) is 25.3 Å². The van der Waals surface area contributed by atoms with Crippen LogP contribution >= 0.6 is 11.3 Å². The first-order valence-corrected chi connectivity index (χ1v) is 7.65. The van der Waals surface area contributed by atoms with E-state index < -0.39 is 0 Å². The number of hydrogen-bond donors (Lipinski definition) is 1. The third-order valence-electron chi connectivity index (χ3n) is 3.54. The van der Waals surface area contributed by atoms with Gasteiger partial charge in [0.2, 0.25) is 0 Å². The number of thiophene rings is 1. The summed E-state index contributed by atoms with van der Waals surface area (Å²) in [7, 11) is 0. The van der Waals surface area contributed by atoms with Gasteiger partial charge in [-0.25, -0.2) is 0 Å². The molecule has 1 unspecified atom stereocenters. The highest BCUT2D eigenvalue weighted by Crippen LogP contribution is 2.13. The van der Waals surface area contributed by atoms with E-state index in [9.17, 15) is 0 Å². The number of terminal acetylenes is 1. The molecule has 1 aromatic rings. The van der Waals surface area contributed by atoms with Crippen molar-refractivity contribution >= 4 is 11.3 Å². The summed E-state index contributed by atoms with van der Waals surface area (Å²) in [5.41, 5.74) is 1.45. The van der Waals surface area contributed by atoms with Crippen molar-refractivity contribution in [2.45, 2.75) is 38.3 Å². The third-order valence-corrected chi connectivity index (χ3v) is 4.28. The topological polar surface area (TPSA) is 15.3 Å². The second-order valence-corrected chi connectivity index (χ2v) is 5.94. The largest absolute Gasteiger partial charge is 0.311 e. The second kappa shape index (κ2) is 6.94. The fraction of sp³-hybridized carbons (Fsp3) is 0.600. The fourth-order valence-electron chi connectivity index (χ4n) is 2.61. The molecule has 2 rings (SSSR count). The summed E-state index contributed by atoms with van der Waals surface area (Å²) in [6.45, 7) is 5.35. The number of likely N-dealkylation sites (tertiary alicyclic amines) is 1. The van der Waals surface area contributed by atoms with E-state index in [0.717, 1.165) is 26.1 Å². The summed E-state index contributed by atoms with van der Waals surface area (Å²) in [6.07, 6.45) is 8.91. The Morgan fingerprint density at radius 1 is 1.56 bits per heavy atom. The van der Waals surface area contributed by atoms with Crippen LogP contribution in [0.2, 0.25) is 0 Å². The Morgan fingerprint density at radius 2 is 2.33 bits per heavy atom. The number of hydrogen-bond acceptors (Lipinski definition) is 3. The van der Waals surface area contributed by atoms with E-state index in [4.69, 9.17) is 6.42 Å². The Kier molecular flexibility index (Phi) is 5.25. The zero-order chi connectivity index (χ0) is 12.8. The van der Waals surface area contributed by atoms with Crippen LogP contribution in [-0.4, -0.2) is 36.6 Å². The van der Waals surface area contributed by atoms with Gasteiger partial charge in [0, 0.05) is 25.2 Å². The van der Waals surface area contributed by atoms with Gasteiger partial charge in [-0.15, -0.1) is 6.42 Å². The molecular formula is C15H22N2S. The predicted octanol–water partition coefficient (Wildman–Crippen LogP) is 2.37. The average molecular weight is 262 g/mol. The maximum absolute atomic E-state index is 5.34. The summed E-state index contributed by atoms with van der Waals surface area (Å²) >= 11 is 1.78. The van der Waals surface area contributed by atoms with Crippen LogP contribution in [0.5, 0.6) is 0 Å². The van der Waals surface area contributed by atoms with Gasteiger partial charge in [0.25, 0.3) is 0 Å². The first-order valence-electron chi connectivity index (χ1n) is 6.71. The molecule has 1 atom stereocenters. The van der Waals surface area contributed by atoms with Gasteiger partial charge in [0.1, 0.15) is 0 Å². The summed E-state index contributed by atoms with van der Waals surface area (Å²) in [5.74, 6) is 2.73. The zero-order valence-electron chi connectivity index (χ0n) is 11.1. The summed E-state index contributed by atoms with van der Waals surface area (Å²) in [6, 6.07) is 3.44. The molecule has 0 saturated carbocycles. The van der Waals surface area contributed by atoms with Crippen molar-refractivity contribution < 1.29 is 0 Å². The number of nitrogens with one attached hydrogen (secondary N) is 1. The van der Waals surface area contributed by atoms with Crippen LogP contribution in [0.4, 0.5) is 0 Å². The van der Waals surface area contributed by atoms with Gasteiger partial charge in [-0.3, -0.25) is 4.90 Å². The van der Waals surface area contributed by atoms with Crippen molar-refractivity contribution in [1.29, 1.82) is 0 Å². The van der Waals surface area contributed by atoms with Crippen LogP contribution in [0.3, 0.4) is 0 Å². The molecule has 2 nitrogen and oxygen atoms in total. The number of rotatable bonds is 5. The van der Waals surface area contributed by atoms with E-state index in [1.54, 1.807) is 11.3 Å². The van der Waals surface area contributed by atoms with Crippen molar-refractivity contribution in [3.63, 3.8) is 0 Å². The normalized spacial score (nSPS) is 19.6. The van der Waals surface area contributed by atoms with Gasteiger partial charge in [0.15, 0.2) is 0 Å². The first-order chi connectivity index (χ1) is 8.78. The molecule has 0 radical (unpaired) electrons. The van der Waals surface area contributed by atoms with Gasteiger partial charge in [-0.1, -0.05) is 5.92 Å². The Hall–Kier alpha value is -0.820. The van der Waals surface area contributed by atoms with E-state index in [0.29, 0.717) is 12.1 Å². The summed E-state index contributed by atoms with van der Waals surface area (Å²) in [5, 5.41) is 8.14. The summed E-state index contributed by atoms with van der Waals surface area (Å²) < 4.78 is 0. The number of piperidine rings is 1. The third kappa shape index (κ3) is 4.13. The van der Waals surface area contributed by atoms with Gasteiger partial charge in [-0.05, 0) is 48.6 Å². The van der Waals surface area contributed by atoms with Crippen molar-refractivity contribution in [3.05, 3.63) is 22.4 Å². The van der Waals surface area contributed by atoms with Crippen LogP contribution in [0.15, 0.2) is 16.8 Å². The molecule has 3 heteroatoms. The lowest BCUT2D eigenvalue weighted by Crippen LogP contribution is -2.46. The minimum atomic E-state index is 0.559. The van der Waals surface area contributed by atoms with E-state index in [-0.39, 0.29) is 0 Å². The molecule has 0 aromatic carbocycles. The van der Waals surface area contributed by atoms with Crippen molar-refractivity contribution in [3.8, 4) is 12.3 Å². The molecule has 1 aromatic heterocycles. The van der Waals surface area contributed by atoms with Gasteiger partial charge >= 0.3 is 0 Å². The molecule has 1 aliphatic rings. The molecule has 2 heterocycles. The van der Waals surface area contributed by atoms with E-state index in [1.807, 2.05) is 0 Å². The van der Waals surface area contributed by atoms with E-state index >= 15 is 0 Å². The molecule has 1 aliphatic heterocycles. The molecular weight excluding hydrogens is 240 g/mol. The molecule has 1 N–H and O–H groups in total. The van der Waals surface area contributed by atoms with Crippen LogP contribution < -0.4 is 5.32 Å². The number of nitrogens with zero attached hydrogens (tertiary/aromatic N) is 1. The van der Waals surface area contributed by atoms with Crippen molar-refractivity contribution in [2.24, 2.45) is 0 Å². The van der Waals surface area contributed by atoms with Crippen LogP contribution in [0.25, 0.3) is 0 Å². The monoisotopic (exact) mass is 262 g/mol. The van der Waals surface area contributed by atoms with E-state index in [1.165, 1.54) is 18.4 Å². The Morgan fingerprint density at radius 3 is 2.94 bits per heavy atom. The van der Waals surface area contributed by atoms with Gasteiger partial charge < -0.3 is 5.32 Å².